The monoisotopic (exact) mass is 927 g/mol. The molecule has 0 aliphatic heterocycles. The molecule has 0 saturated heterocycles. The molecule has 0 atom stereocenters. The van der Waals surface area contributed by atoms with Gasteiger partial charge in [0.15, 0.2) is 18.0 Å². The molecule has 3 aromatic heterocycles. The van der Waals surface area contributed by atoms with Crippen LogP contribution in [-0.4, -0.2) is 55.3 Å². The molecule has 9 rings (SSSR count). The summed E-state index contributed by atoms with van der Waals surface area (Å²) in [7, 11) is 1.53. The fourth-order valence-electron chi connectivity index (χ4n) is 7.51. The molecule has 0 aliphatic rings. The first-order valence-electron chi connectivity index (χ1n) is 22.5. The molecule has 350 valence electrons. The Morgan fingerprint density at radius 3 is 2.01 bits per heavy atom. The van der Waals surface area contributed by atoms with Crippen molar-refractivity contribution in [2.45, 2.75) is 32.6 Å². The molecule has 0 spiro atoms. The Labute approximate surface area is 397 Å². The fraction of sp³-hybridized carbons (Fsp3) is 0.200. The lowest BCUT2D eigenvalue weighted by Gasteiger charge is -2.13. The minimum absolute atomic E-state index is 0.0248. The number of nitrogens with zero attached hydrogens (tertiary/aromatic N) is 3. The Bertz CT molecular complexity index is 3210. The van der Waals surface area contributed by atoms with E-state index < -0.39 is 0 Å². The maximum Gasteiger partial charge on any atom is 0.235 e. The predicted molar refractivity (Wildman–Crippen MR) is 260 cm³/mol. The third kappa shape index (κ3) is 11.9. The molecule has 0 saturated carbocycles. The zero-order valence-corrected chi connectivity index (χ0v) is 37.9. The van der Waals surface area contributed by atoms with Gasteiger partial charge in [-0.2, -0.15) is 0 Å². The quantitative estimate of drug-likeness (QED) is 0.0442. The van der Waals surface area contributed by atoms with E-state index in [-0.39, 0.29) is 36.6 Å². The van der Waals surface area contributed by atoms with E-state index in [4.69, 9.17) is 42.0 Å². The molecule has 9 aromatic rings. The van der Waals surface area contributed by atoms with E-state index in [1.807, 2.05) is 121 Å². The van der Waals surface area contributed by atoms with Gasteiger partial charge in [-0.1, -0.05) is 78.0 Å². The van der Waals surface area contributed by atoms with Crippen molar-refractivity contribution >= 4 is 21.9 Å². The van der Waals surface area contributed by atoms with Gasteiger partial charge in [-0.3, -0.25) is 9.59 Å². The number of benzene rings is 6. The molecule has 6 aromatic carbocycles. The smallest absolute Gasteiger partial charge is 0.235 e. The highest BCUT2D eigenvalue weighted by atomic mass is 16.7. The molecule has 0 unspecified atom stereocenters. The van der Waals surface area contributed by atoms with Crippen LogP contribution in [0.3, 0.4) is 0 Å². The van der Waals surface area contributed by atoms with Gasteiger partial charge in [0.25, 0.3) is 0 Å². The van der Waals surface area contributed by atoms with Gasteiger partial charge in [0.2, 0.25) is 11.2 Å². The highest BCUT2D eigenvalue weighted by Crippen LogP contribution is 2.34. The number of aryl methyl sites for hydroxylation is 1. The van der Waals surface area contributed by atoms with Crippen LogP contribution in [0.25, 0.3) is 44.6 Å². The largest absolute Gasteiger partial charge is 0.494 e. The molecular weight excluding hydrogens is 879 g/mol. The summed E-state index contributed by atoms with van der Waals surface area (Å²) in [6.07, 6.45) is 3.33. The number of methoxy groups -OCH3 is 1. The predicted octanol–water partition coefficient (Wildman–Crippen LogP) is 10.1. The molecule has 0 radical (unpaired) electrons. The normalized spacial score (nSPS) is 11.2. The van der Waals surface area contributed by atoms with Gasteiger partial charge < -0.3 is 42.0 Å². The van der Waals surface area contributed by atoms with Crippen molar-refractivity contribution in [3.63, 3.8) is 0 Å². The fourth-order valence-corrected chi connectivity index (χ4v) is 7.51. The van der Waals surface area contributed by atoms with Crippen LogP contribution in [-0.2, 0) is 35.7 Å². The summed E-state index contributed by atoms with van der Waals surface area (Å²) in [6, 6.07) is 46.1. The second-order valence-corrected chi connectivity index (χ2v) is 15.9. The van der Waals surface area contributed by atoms with Gasteiger partial charge in [-0.25, -0.2) is 4.68 Å². The number of fused-ring (bicyclic) bond motifs is 2. The molecule has 0 fully saturated rings. The van der Waals surface area contributed by atoms with E-state index in [1.165, 1.54) is 13.2 Å². The molecular formula is C55H49N3O11. The van der Waals surface area contributed by atoms with Gasteiger partial charge in [0, 0.05) is 42.6 Å². The maximum absolute atomic E-state index is 13.5. The van der Waals surface area contributed by atoms with Crippen LogP contribution in [0.1, 0.15) is 23.2 Å². The lowest BCUT2D eigenvalue weighted by Crippen LogP contribution is -2.12. The van der Waals surface area contributed by atoms with Crippen LogP contribution in [0.5, 0.6) is 28.7 Å². The van der Waals surface area contributed by atoms with E-state index in [0.29, 0.717) is 107 Å². The topological polar surface area (TPSA) is 156 Å². The highest BCUT2D eigenvalue weighted by Gasteiger charge is 2.19. The zero-order valence-electron chi connectivity index (χ0n) is 37.9. The lowest BCUT2D eigenvalue weighted by molar-refractivity contribution is 0.0510. The van der Waals surface area contributed by atoms with Crippen LogP contribution in [0.2, 0.25) is 0 Å². The molecule has 0 N–H and O–H groups in total. The Kier molecular flexibility index (Phi) is 15.0. The summed E-state index contributed by atoms with van der Waals surface area (Å²) in [5.41, 5.74) is 4.52. The number of hydrogen-bond acceptors (Lipinski definition) is 13. The highest BCUT2D eigenvalue weighted by molar-refractivity contribution is 5.86. The van der Waals surface area contributed by atoms with Gasteiger partial charge in [0.05, 0.1) is 37.4 Å². The van der Waals surface area contributed by atoms with Crippen molar-refractivity contribution in [2.75, 3.05) is 40.3 Å². The number of aromatic nitrogens is 3. The first kappa shape index (κ1) is 45.9. The van der Waals surface area contributed by atoms with Crippen LogP contribution < -0.4 is 34.5 Å². The first-order chi connectivity index (χ1) is 34.0. The molecule has 0 bridgehead atoms. The Balaban J connectivity index is 0.706. The maximum atomic E-state index is 13.5. The van der Waals surface area contributed by atoms with E-state index >= 15 is 0 Å². The van der Waals surface area contributed by atoms with E-state index in [2.05, 4.69) is 10.3 Å². The van der Waals surface area contributed by atoms with Crippen LogP contribution >= 0.6 is 0 Å². The molecule has 69 heavy (non-hydrogen) atoms. The standard InChI is InChI=1S/C55H49N3O11/c1-61-37-67-45-31-50(65-35-38-11-4-2-5-12-38)52-47(59)33-49(68-51(52)32-45)40-18-22-43(23-19-40)63-27-10-15-42-34-58(57-56-42)26-28-62-29-30-64-44-24-20-41(21-25-44)54-55(66-36-39-13-6-3-7-14-39)53(60)46-16-8-9-17-48(46)69-54/h2-9,11-14,16-25,31-34H,10,15,26-30,35-37H2,1H3. The number of para-hydroxylation sites is 1. The summed E-state index contributed by atoms with van der Waals surface area (Å²) in [5, 5.41) is 9.33. The average molecular weight is 928 g/mol. The number of rotatable bonds is 23. The van der Waals surface area contributed by atoms with Gasteiger partial charge >= 0.3 is 0 Å². The molecule has 3 heterocycles. The van der Waals surface area contributed by atoms with Crippen LogP contribution in [0, 0.1) is 0 Å². The summed E-state index contributed by atoms with van der Waals surface area (Å²) in [6.45, 7) is 2.71. The summed E-state index contributed by atoms with van der Waals surface area (Å²) in [4.78, 5) is 27.0. The van der Waals surface area contributed by atoms with Crippen LogP contribution in [0.15, 0.2) is 176 Å². The van der Waals surface area contributed by atoms with E-state index in [0.717, 1.165) is 23.2 Å². The van der Waals surface area contributed by atoms with Crippen molar-refractivity contribution in [3.8, 4) is 51.4 Å². The third-order valence-corrected chi connectivity index (χ3v) is 11.0. The Morgan fingerprint density at radius 1 is 0.594 bits per heavy atom. The lowest BCUT2D eigenvalue weighted by atomic mass is 10.1. The van der Waals surface area contributed by atoms with Crippen molar-refractivity contribution in [1.82, 2.24) is 15.0 Å². The molecule has 14 nitrogen and oxygen atoms in total. The third-order valence-electron chi connectivity index (χ3n) is 11.0. The van der Waals surface area contributed by atoms with Crippen molar-refractivity contribution in [3.05, 3.63) is 195 Å². The SMILES string of the molecule is COCOc1cc(OCc2ccccc2)c2c(=O)cc(-c3ccc(OCCCc4cn(CCOCCOc5ccc(-c6oc7ccccc7c(=O)c6OCc6ccccc6)cc5)nn4)cc3)oc2c1. The number of ether oxygens (including phenoxy) is 7. The molecule has 14 heteroatoms. The zero-order chi connectivity index (χ0) is 47.2. The summed E-state index contributed by atoms with van der Waals surface area (Å²) >= 11 is 0. The Hall–Kier alpha value is -8.20. The van der Waals surface area contributed by atoms with Gasteiger partial charge in [0.1, 0.15) is 65.1 Å². The molecule has 0 aliphatic carbocycles. The minimum atomic E-state index is -0.236. The van der Waals surface area contributed by atoms with Crippen molar-refractivity contribution < 1.29 is 42.0 Å². The first-order valence-corrected chi connectivity index (χ1v) is 22.5. The average Bonchev–Trinajstić information content (AvgIpc) is 3.85. The minimum Gasteiger partial charge on any atom is -0.494 e. The summed E-state index contributed by atoms with van der Waals surface area (Å²) in [5.74, 6) is 3.07. The van der Waals surface area contributed by atoms with Crippen molar-refractivity contribution in [1.29, 1.82) is 0 Å². The van der Waals surface area contributed by atoms with E-state index in [1.54, 1.807) is 35.0 Å². The second-order valence-electron chi connectivity index (χ2n) is 15.9. The number of hydrogen-bond donors (Lipinski definition) is 0. The van der Waals surface area contributed by atoms with Crippen LogP contribution in [0.4, 0.5) is 0 Å². The Morgan fingerprint density at radius 2 is 1.28 bits per heavy atom. The van der Waals surface area contributed by atoms with Gasteiger partial charge in [-0.05, 0) is 84.6 Å². The summed E-state index contributed by atoms with van der Waals surface area (Å²) < 4.78 is 54.9. The van der Waals surface area contributed by atoms with Gasteiger partial charge in [-0.15, -0.1) is 5.10 Å². The molecule has 0 amide bonds. The van der Waals surface area contributed by atoms with E-state index in [9.17, 15) is 9.59 Å². The second kappa shape index (κ2) is 22.5. The van der Waals surface area contributed by atoms with Crippen molar-refractivity contribution in [2.24, 2.45) is 0 Å².